The van der Waals surface area contributed by atoms with Crippen molar-refractivity contribution in [2.75, 3.05) is 12.1 Å². The highest BCUT2D eigenvalue weighted by atomic mass is 16.7. The number of anilines is 1. The summed E-state index contributed by atoms with van der Waals surface area (Å²) in [7, 11) is 0. The Morgan fingerprint density at radius 1 is 1.13 bits per heavy atom. The smallest absolute Gasteiger partial charge is 0.255 e. The minimum Gasteiger partial charge on any atom is -0.454 e. The second-order valence-corrected chi connectivity index (χ2v) is 5.07. The lowest BCUT2D eigenvalue weighted by Crippen LogP contribution is -2.11. The van der Waals surface area contributed by atoms with E-state index in [0.29, 0.717) is 22.7 Å². The van der Waals surface area contributed by atoms with Crippen LogP contribution in [0.25, 0.3) is 11.3 Å². The Morgan fingerprint density at radius 2 is 2.04 bits per heavy atom. The summed E-state index contributed by atoms with van der Waals surface area (Å²) in [6.07, 6.45) is 3.35. The summed E-state index contributed by atoms with van der Waals surface area (Å²) >= 11 is 0. The van der Waals surface area contributed by atoms with E-state index in [1.54, 1.807) is 30.7 Å². The highest BCUT2D eigenvalue weighted by molar-refractivity contribution is 6.04. The molecule has 0 spiro atoms. The molecule has 3 aromatic rings. The van der Waals surface area contributed by atoms with Gasteiger partial charge in [-0.25, -0.2) is 4.98 Å². The largest absolute Gasteiger partial charge is 0.454 e. The molecule has 0 aliphatic carbocycles. The molecule has 6 heteroatoms. The molecule has 1 aromatic heterocycles. The Morgan fingerprint density at radius 3 is 2.91 bits per heavy atom. The number of aromatic amines is 1. The quantitative estimate of drug-likeness (QED) is 0.779. The number of benzene rings is 2. The van der Waals surface area contributed by atoms with Crippen LogP contribution in [0.1, 0.15) is 10.4 Å². The average Bonchev–Trinajstić information content (AvgIpc) is 3.26. The van der Waals surface area contributed by atoms with E-state index in [1.165, 1.54) is 0 Å². The van der Waals surface area contributed by atoms with E-state index >= 15 is 0 Å². The molecule has 0 bridgehead atoms. The number of fused-ring (bicyclic) bond motifs is 1. The zero-order valence-corrected chi connectivity index (χ0v) is 12.1. The van der Waals surface area contributed by atoms with Gasteiger partial charge >= 0.3 is 0 Å². The van der Waals surface area contributed by atoms with Crippen LogP contribution in [0.4, 0.5) is 5.69 Å². The Kier molecular flexibility index (Phi) is 3.20. The van der Waals surface area contributed by atoms with Gasteiger partial charge in [-0.15, -0.1) is 0 Å². The highest BCUT2D eigenvalue weighted by Gasteiger charge is 2.16. The number of ether oxygens (including phenoxy) is 2. The van der Waals surface area contributed by atoms with Gasteiger partial charge in [0.05, 0.1) is 18.2 Å². The Hall–Kier alpha value is -3.28. The van der Waals surface area contributed by atoms with E-state index in [0.717, 1.165) is 11.3 Å². The summed E-state index contributed by atoms with van der Waals surface area (Å²) in [5.74, 6) is 1.04. The second-order valence-electron chi connectivity index (χ2n) is 5.07. The van der Waals surface area contributed by atoms with Crippen molar-refractivity contribution in [3.63, 3.8) is 0 Å². The van der Waals surface area contributed by atoms with Crippen LogP contribution in [0.15, 0.2) is 55.0 Å². The van der Waals surface area contributed by atoms with E-state index < -0.39 is 0 Å². The minimum atomic E-state index is -0.204. The molecule has 114 valence electrons. The molecule has 1 aliphatic heterocycles. The lowest BCUT2D eigenvalue weighted by molar-refractivity contribution is 0.102. The van der Waals surface area contributed by atoms with Crippen LogP contribution in [0.5, 0.6) is 11.5 Å². The van der Waals surface area contributed by atoms with Crippen molar-refractivity contribution in [3.8, 4) is 22.8 Å². The van der Waals surface area contributed by atoms with Crippen molar-refractivity contribution in [2.24, 2.45) is 0 Å². The van der Waals surface area contributed by atoms with Crippen LogP contribution < -0.4 is 14.8 Å². The first-order chi connectivity index (χ1) is 11.3. The molecule has 1 aliphatic rings. The standard InChI is InChI=1S/C17H13N3O3/c21-17(12-4-5-15-16(7-12)23-10-22-15)20-13-3-1-2-11(6-13)14-8-18-9-19-14/h1-9H,10H2,(H,18,19)(H,20,21). The number of rotatable bonds is 3. The maximum atomic E-state index is 12.4. The van der Waals surface area contributed by atoms with Crippen LogP contribution in [-0.4, -0.2) is 22.7 Å². The molecular formula is C17H13N3O3. The molecule has 1 amide bonds. The lowest BCUT2D eigenvalue weighted by atomic mass is 10.1. The predicted octanol–water partition coefficient (Wildman–Crippen LogP) is 3.06. The summed E-state index contributed by atoms with van der Waals surface area (Å²) in [5, 5.41) is 2.88. The van der Waals surface area contributed by atoms with Crippen LogP contribution in [0.3, 0.4) is 0 Å². The van der Waals surface area contributed by atoms with Gasteiger partial charge < -0.3 is 19.8 Å². The zero-order valence-electron chi connectivity index (χ0n) is 12.1. The minimum absolute atomic E-state index is 0.187. The van der Waals surface area contributed by atoms with Crippen molar-refractivity contribution in [1.82, 2.24) is 9.97 Å². The fraction of sp³-hybridized carbons (Fsp3) is 0.0588. The van der Waals surface area contributed by atoms with Gasteiger partial charge in [0.15, 0.2) is 11.5 Å². The van der Waals surface area contributed by atoms with Crippen molar-refractivity contribution in [3.05, 3.63) is 60.6 Å². The fourth-order valence-electron chi connectivity index (χ4n) is 2.42. The first kappa shape index (κ1) is 13.4. The molecule has 2 heterocycles. The summed E-state index contributed by atoms with van der Waals surface area (Å²) in [6.45, 7) is 0.187. The number of imidazole rings is 1. The van der Waals surface area contributed by atoms with Gasteiger partial charge in [0.1, 0.15) is 0 Å². The van der Waals surface area contributed by atoms with Crippen molar-refractivity contribution >= 4 is 11.6 Å². The van der Waals surface area contributed by atoms with E-state index in [-0.39, 0.29) is 12.7 Å². The first-order valence-corrected chi connectivity index (χ1v) is 7.09. The third kappa shape index (κ3) is 2.62. The van der Waals surface area contributed by atoms with Crippen molar-refractivity contribution in [2.45, 2.75) is 0 Å². The van der Waals surface area contributed by atoms with Crippen LogP contribution in [0.2, 0.25) is 0 Å². The van der Waals surface area contributed by atoms with Gasteiger partial charge in [-0.1, -0.05) is 12.1 Å². The van der Waals surface area contributed by atoms with Gasteiger partial charge in [0, 0.05) is 16.8 Å². The Bertz CT molecular complexity index is 859. The Balaban J connectivity index is 1.56. The van der Waals surface area contributed by atoms with E-state index in [9.17, 15) is 4.79 Å². The fourth-order valence-corrected chi connectivity index (χ4v) is 2.42. The third-order valence-corrected chi connectivity index (χ3v) is 3.56. The number of hydrogen-bond acceptors (Lipinski definition) is 4. The highest BCUT2D eigenvalue weighted by Crippen LogP contribution is 2.32. The second kappa shape index (κ2) is 5.49. The molecular weight excluding hydrogens is 294 g/mol. The normalized spacial score (nSPS) is 12.2. The molecule has 0 saturated carbocycles. The SMILES string of the molecule is O=C(Nc1cccc(-c2cnc[nH]2)c1)c1ccc2c(c1)OCO2. The molecule has 2 N–H and O–H groups in total. The number of amides is 1. The van der Waals surface area contributed by atoms with Crippen molar-refractivity contribution < 1.29 is 14.3 Å². The molecule has 0 radical (unpaired) electrons. The zero-order chi connectivity index (χ0) is 15.6. The van der Waals surface area contributed by atoms with Crippen LogP contribution in [0, 0.1) is 0 Å². The number of nitrogens with one attached hydrogen (secondary N) is 2. The van der Waals surface area contributed by atoms with Gasteiger partial charge in [-0.05, 0) is 30.3 Å². The lowest BCUT2D eigenvalue weighted by Gasteiger charge is -2.07. The summed E-state index contributed by atoms with van der Waals surface area (Å²) in [6, 6.07) is 12.7. The van der Waals surface area contributed by atoms with E-state index in [1.807, 2.05) is 24.3 Å². The maximum Gasteiger partial charge on any atom is 0.255 e. The molecule has 4 rings (SSSR count). The molecule has 23 heavy (non-hydrogen) atoms. The number of hydrogen-bond donors (Lipinski definition) is 2. The summed E-state index contributed by atoms with van der Waals surface area (Å²) in [4.78, 5) is 19.4. The van der Waals surface area contributed by atoms with E-state index in [2.05, 4.69) is 15.3 Å². The molecule has 6 nitrogen and oxygen atoms in total. The summed E-state index contributed by atoms with van der Waals surface area (Å²) in [5.41, 5.74) is 3.07. The van der Waals surface area contributed by atoms with Gasteiger partial charge in [-0.2, -0.15) is 0 Å². The van der Waals surface area contributed by atoms with Gasteiger partial charge in [-0.3, -0.25) is 4.79 Å². The number of nitrogens with zero attached hydrogens (tertiary/aromatic N) is 1. The molecule has 0 saturated heterocycles. The van der Waals surface area contributed by atoms with E-state index in [4.69, 9.17) is 9.47 Å². The molecule has 0 fully saturated rings. The molecule has 2 aromatic carbocycles. The monoisotopic (exact) mass is 307 g/mol. The number of aromatic nitrogens is 2. The van der Waals surface area contributed by atoms with Gasteiger partial charge in [0.25, 0.3) is 5.91 Å². The number of carbonyl (C=O) groups is 1. The van der Waals surface area contributed by atoms with Crippen molar-refractivity contribution in [1.29, 1.82) is 0 Å². The topological polar surface area (TPSA) is 76.2 Å². The first-order valence-electron chi connectivity index (χ1n) is 7.09. The maximum absolute atomic E-state index is 12.4. The van der Waals surface area contributed by atoms with Gasteiger partial charge in [0.2, 0.25) is 6.79 Å². The summed E-state index contributed by atoms with van der Waals surface area (Å²) < 4.78 is 10.5. The Labute approximate surface area is 132 Å². The third-order valence-electron chi connectivity index (χ3n) is 3.56. The number of carbonyl (C=O) groups excluding carboxylic acids is 1. The average molecular weight is 307 g/mol. The predicted molar refractivity (Wildman–Crippen MR) is 84.5 cm³/mol. The molecule has 0 atom stereocenters. The molecule has 0 unspecified atom stereocenters. The number of H-pyrrole nitrogens is 1. The van der Waals surface area contributed by atoms with Crippen LogP contribution in [-0.2, 0) is 0 Å². The van der Waals surface area contributed by atoms with Crippen LogP contribution >= 0.6 is 0 Å².